The maximum absolute atomic E-state index is 2.61. The van der Waals surface area contributed by atoms with Gasteiger partial charge in [0.05, 0.1) is 33.1 Å². The number of aryl methyl sites for hydroxylation is 4. The molecule has 4 saturated carbocycles. The van der Waals surface area contributed by atoms with Gasteiger partial charge in [-0.25, -0.2) is 0 Å². The van der Waals surface area contributed by atoms with E-state index in [-0.39, 0.29) is 0 Å². The highest BCUT2D eigenvalue weighted by Gasteiger charge is 2.30. The summed E-state index contributed by atoms with van der Waals surface area (Å²) in [5.74, 6) is 2.68. The Labute approximate surface area is 856 Å². The van der Waals surface area contributed by atoms with Crippen molar-refractivity contribution in [1.82, 2.24) is 8.80 Å². The summed E-state index contributed by atoms with van der Waals surface area (Å²) in [5.41, 5.74) is 37.5. The number of hydrogen-bond donors (Lipinski definition) is 0. The van der Waals surface area contributed by atoms with Gasteiger partial charge in [0.15, 0.2) is 0 Å². The Balaban J connectivity index is 0.000000150. The fourth-order valence-electron chi connectivity index (χ4n) is 26.0. The van der Waals surface area contributed by atoms with Crippen LogP contribution in [0, 0.1) is 27.7 Å². The molecule has 0 amide bonds. The molecule has 0 bridgehead atoms. The Morgan fingerprint density at radius 3 is 0.575 bits per heavy atom. The zero-order valence-corrected chi connectivity index (χ0v) is 84.2. The summed E-state index contributed by atoms with van der Waals surface area (Å²) >= 11 is 0. The summed E-state index contributed by atoms with van der Waals surface area (Å²) in [6.45, 7) is 8.58. The molecule has 0 aliphatic heterocycles. The number of hydrogen-bond acceptors (Lipinski definition) is 4. The maximum Gasteiger partial charge on any atom is 0.0620 e. The normalized spacial score (nSPS) is 14.9. The van der Waals surface area contributed by atoms with Crippen LogP contribution in [-0.2, 0) is 0 Å². The van der Waals surface area contributed by atoms with Crippen molar-refractivity contribution in [1.29, 1.82) is 0 Å². The summed E-state index contributed by atoms with van der Waals surface area (Å²) in [5, 5.41) is 20.2. The molecule has 0 saturated heterocycles. The monoisotopic (exact) mass is 1890 g/mol. The van der Waals surface area contributed by atoms with Crippen molar-refractivity contribution in [3.63, 3.8) is 0 Å². The third kappa shape index (κ3) is 16.4. The molecule has 4 aliphatic carbocycles. The molecule has 20 aromatic carbocycles. The van der Waals surface area contributed by atoms with E-state index in [1.54, 1.807) is 0 Å². The fraction of sp³-hybridized carbons (Fsp3) is 0.200. The van der Waals surface area contributed by atoms with Crippen LogP contribution in [0.1, 0.15) is 197 Å². The van der Waals surface area contributed by atoms with Gasteiger partial charge in [-0.3, -0.25) is 0 Å². The zero-order chi connectivity index (χ0) is 97.1. The predicted octanol–water partition coefficient (Wildman–Crippen LogP) is 40.9. The van der Waals surface area contributed by atoms with Crippen LogP contribution in [0.15, 0.2) is 400 Å². The van der Waals surface area contributed by atoms with Gasteiger partial charge in [-0.15, -0.1) is 0 Å². The highest BCUT2D eigenvalue weighted by Crippen LogP contribution is 2.52. The predicted molar refractivity (Wildman–Crippen MR) is 624 cm³/mol. The van der Waals surface area contributed by atoms with E-state index in [2.05, 4.69) is 456 Å². The lowest BCUT2D eigenvalue weighted by molar-refractivity contribution is 0.443. The van der Waals surface area contributed by atoms with E-state index < -0.39 is 0 Å². The van der Waals surface area contributed by atoms with Gasteiger partial charge in [0, 0.05) is 111 Å². The molecule has 4 aliphatic rings. The lowest BCUT2D eigenvalue weighted by atomic mass is 9.84. The summed E-state index contributed by atoms with van der Waals surface area (Å²) in [7, 11) is 0. The van der Waals surface area contributed by atoms with Gasteiger partial charge in [0.2, 0.25) is 0 Å². The van der Waals surface area contributed by atoms with Crippen LogP contribution in [-0.4, -0.2) is 8.80 Å². The molecule has 712 valence electrons. The van der Waals surface area contributed by atoms with Crippen LogP contribution >= 0.6 is 0 Å². The number of aromatic nitrogens is 2. The molecule has 4 fully saturated rings. The van der Waals surface area contributed by atoms with E-state index in [4.69, 9.17) is 0 Å². The SMILES string of the molecule is Cc1ccc(N(c2ccc(C)cc2)c2ccc3cc4c5cc(-c6ccccc6)cc6c7cc8ccc(N(c9ccc(C)cc9)c9ccc(C)cc9)cc8cc7n(c4cc3c2)c56)cc1.c1ccc(-c2cc3c4cc5ccc(N(c6ccc(C7CCCCC7)cc6)c6ccc(C7CCCCC7)cc6)cc5cc4n4c5cc6cc(N(c7ccc(C8CCCCC8)cc7)c7ccc(C8CCCCC8)cc7)ccc6cc5c(c2)c34)cc1. The molecule has 28 rings (SSSR count). The first-order valence-corrected chi connectivity index (χ1v) is 54.2. The van der Waals surface area contributed by atoms with Crippen LogP contribution in [0.2, 0.25) is 0 Å². The first-order valence-electron chi connectivity index (χ1n) is 54.2. The average molecular weight is 1890 g/mol. The molecule has 146 heavy (non-hydrogen) atoms. The number of nitrogens with zero attached hydrogens (tertiary/aromatic N) is 6. The van der Waals surface area contributed by atoms with Crippen LogP contribution in [0.25, 0.3) is 142 Å². The van der Waals surface area contributed by atoms with E-state index in [1.807, 2.05) is 0 Å². The fourth-order valence-corrected chi connectivity index (χ4v) is 26.0. The van der Waals surface area contributed by atoms with Crippen molar-refractivity contribution >= 4 is 188 Å². The van der Waals surface area contributed by atoms with Gasteiger partial charge >= 0.3 is 0 Å². The average Bonchev–Trinajstić information content (AvgIpc) is 1.53. The van der Waals surface area contributed by atoms with Gasteiger partial charge in [-0.1, -0.05) is 281 Å². The molecule has 4 heterocycles. The second-order valence-corrected chi connectivity index (χ2v) is 43.2. The van der Waals surface area contributed by atoms with E-state index in [9.17, 15) is 0 Å². The van der Waals surface area contributed by atoms with Gasteiger partial charge in [0.25, 0.3) is 0 Å². The van der Waals surface area contributed by atoms with Crippen molar-refractivity contribution in [2.24, 2.45) is 0 Å². The maximum atomic E-state index is 2.61. The highest BCUT2D eigenvalue weighted by molar-refractivity contribution is 6.29. The second kappa shape index (κ2) is 37.4. The minimum absolute atomic E-state index is 0.671. The Morgan fingerprint density at radius 2 is 0.363 bits per heavy atom. The third-order valence-corrected chi connectivity index (χ3v) is 33.9. The van der Waals surface area contributed by atoms with E-state index >= 15 is 0 Å². The molecule has 0 radical (unpaired) electrons. The molecule has 0 N–H and O–H groups in total. The van der Waals surface area contributed by atoms with E-state index in [1.165, 1.54) is 349 Å². The molecule has 24 aromatic rings. The van der Waals surface area contributed by atoms with Gasteiger partial charge < -0.3 is 28.4 Å². The lowest BCUT2D eigenvalue weighted by Gasteiger charge is -2.28. The zero-order valence-electron chi connectivity index (χ0n) is 84.2. The standard InChI is InChI=1S/C80H77N3.C60H45N3/c1-6-16-54(17-7-1)59-26-36-68(37-27-59)81(69-38-28-60(29-39-69)55-18-8-2-9-19-55)72-44-34-63-48-74-76-50-67(58-24-14-5-15-25-58)51-77-75-49-64-35-45-73(47-66(64)53-79(75)83(80(76)77)78(74)52-65(63)46-72)82(70-40-30-61(31-41-70)56-20-10-3-11-21-56)71-42-32-62(33-43-71)57-22-12-4-13-23-57;1-38-10-20-48(21-11-38)61(49-22-12-39(2)13-23-49)52-28-18-43-32-54-56-34-47(42-8-6-5-7-9-42)35-57-55-33-44-19-29-53(31-46(44)37-59(55)63(60(56)57)58(54)36-45(43)30-52)62(50-24-14-40(3)15-25-50)51-26-16-41(4)17-27-51/h5,14-15,24-57H,1-4,6-13,16-23H2;5-37H,1-4H3. The topological polar surface area (TPSA) is 21.8 Å². The van der Waals surface area contributed by atoms with Crippen molar-refractivity contribution in [2.45, 2.75) is 180 Å². The van der Waals surface area contributed by atoms with Gasteiger partial charge in [-0.2, -0.15) is 0 Å². The number of fused-ring (bicyclic) bond motifs is 16. The summed E-state index contributed by atoms with van der Waals surface area (Å²) in [4.78, 5) is 9.76. The molecule has 0 atom stereocenters. The van der Waals surface area contributed by atoms with Gasteiger partial charge in [-0.05, 0) is 409 Å². The van der Waals surface area contributed by atoms with Crippen molar-refractivity contribution < 1.29 is 0 Å². The smallest absolute Gasteiger partial charge is 0.0620 e. The molecule has 0 spiro atoms. The van der Waals surface area contributed by atoms with Crippen LogP contribution in [0.3, 0.4) is 0 Å². The molecule has 6 nitrogen and oxygen atoms in total. The van der Waals surface area contributed by atoms with Crippen LogP contribution < -0.4 is 19.6 Å². The van der Waals surface area contributed by atoms with E-state index in [0.717, 1.165) is 34.1 Å². The number of benzene rings is 20. The summed E-state index contributed by atoms with van der Waals surface area (Å²) in [6, 6.07) is 153. The van der Waals surface area contributed by atoms with E-state index in [0.29, 0.717) is 23.7 Å². The molecular weight excluding hydrogens is 1770 g/mol. The second-order valence-electron chi connectivity index (χ2n) is 43.2. The van der Waals surface area contributed by atoms with Crippen LogP contribution in [0.5, 0.6) is 0 Å². The Bertz CT molecular complexity index is 8300. The summed E-state index contributed by atoms with van der Waals surface area (Å²) < 4.78 is 5.15. The molecular formula is C140H122N6. The van der Waals surface area contributed by atoms with Crippen molar-refractivity contribution in [3.8, 4) is 22.3 Å². The largest absolute Gasteiger partial charge is 0.310 e. The Hall–Kier alpha value is -15.8. The molecule has 4 aromatic heterocycles. The number of rotatable bonds is 18. The third-order valence-electron chi connectivity index (χ3n) is 33.9. The minimum Gasteiger partial charge on any atom is -0.310 e. The first-order chi connectivity index (χ1) is 71.9. The molecule has 0 unspecified atom stereocenters. The van der Waals surface area contributed by atoms with Crippen molar-refractivity contribution in [2.75, 3.05) is 19.6 Å². The summed E-state index contributed by atoms with van der Waals surface area (Å²) in [6.07, 6.45) is 26.7. The lowest BCUT2D eigenvalue weighted by Crippen LogP contribution is -2.11. The Morgan fingerprint density at radius 1 is 0.164 bits per heavy atom. The number of anilines is 12. The Kier molecular flexibility index (Phi) is 22.9. The van der Waals surface area contributed by atoms with Crippen LogP contribution in [0.4, 0.5) is 68.2 Å². The minimum atomic E-state index is 0.671. The van der Waals surface area contributed by atoms with Crippen molar-refractivity contribution in [3.05, 3.63) is 445 Å². The molecule has 6 heteroatoms. The first kappa shape index (κ1) is 89.1. The highest BCUT2D eigenvalue weighted by atomic mass is 15.2. The van der Waals surface area contributed by atoms with Gasteiger partial charge in [0.1, 0.15) is 0 Å². The quantitative estimate of drug-likeness (QED) is 0.0853.